The Morgan fingerprint density at radius 3 is 2.43 bits per heavy atom. The molecule has 1 N–H and O–H groups in total. The van der Waals surface area contributed by atoms with Gasteiger partial charge in [0.1, 0.15) is 12.4 Å². The number of anilines is 1. The summed E-state index contributed by atoms with van der Waals surface area (Å²) in [7, 11) is 0. The van der Waals surface area contributed by atoms with Crippen LogP contribution in [0.25, 0.3) is 0 Å². The van der Waals surface area contributed by atoms with Crippen LogP contribution in [0, 0.1) is 5.82 Å². The second-order valence-corrected chi connectivity index (χ2v) is 7.89. The minimum absolute atomic E-state index is 0.0326. The van der Waals surface area contributed by atoms with E-state index in [0.717, 1.165) is 21.9 Å². The maximum Gasteiger partial charge on any atom is 0.323 e. The fourth-order valence-corrected chi connectivity index (χ4v) is 4.33. The zero-order valence-corrected chi connectivity index (χ0v) is 16.7. The molecule has 1 unspecified atom stereocenters. The molecule has 0 aliphatic carbocycles. The molecule has 0 radical (unpaired) electrons. The number of amides is 3. The predicted molar refractivity (Wildman–Crippen MR) is 105 cm³/mol. The molecule has 2 aliphatic rings. The van der Waals surface area contributed by atoms with E-state index in [-0.39, 0.29) is 27.8 Å². The third-order valence-electron chi connectivity index (χ3n) is 5.28. The molecular weight excluding hydrogens is 438 g/mol. The summed E-state index contributed by atoms with van der Waals surface area (Å²) < 4.78 is 13.3. The van der Waals surface area contributed by atoms with Crippen molar-refractivity contribution < 1.29 is 28.7 Å². The first kappa shape index (κ1) is 20.3. The van der Waals surface area contributed by atoms with Gasteiger partial charge in [0, 0.05) is 21.3 Å². The summed E-state index contributed by atoms with van der Waals surface area (Å²) in [5.74, 6) is -4.06. The lowest BCUT2D eigenvalue weighted by Crippen LogP contribution is -2.47. The van der Waals surface area contributed by atoms with Crippen molar-refractivity contribution in [3.05, 3.63) is 63.4 Å². The fraction of sp³-hybridized carbons (Fsp3) is 0.200. The molecule has 0 bridgehead atoms. The van der Waals surface area contributed by atoms with Crippen LogP contribution < -0.4 is 4.90 Å². The van der Waals surface area contributed by atoms with Gasteiger partial charge in [0.05, 0.1) is 13.0 Å². The first-order valence-corrected chi connectivity index (χ1v) is 9.53. The average Bonchev–Trinajstić information content (AvgIpc) is 3.04. The number of fused-ring (bicyclic) bond motifs is 2. The molecule has 154 valence electrons. The number of carboxylic acids is 1. The highest BCUT2D eigenvalue weighted by molar-refractivity contribution is 6.33. The lowest BCUT2D eigenvalue weighted by molar-refractivity contribution is -0.143. The van der Waals surface area contributed by atoms with Crippen molar-refractivity contribution in [2.24, 2.45) is 0 Å². The van der Waals surface area contributed by atoms with Crippen LogP contribution in [0.4, 0.5) is 10.1 Å². The molecule has 2 aromatic carbocycles. The Morgan fingerprint density at radius 2 is 1.77 bits per heavy atom. The van der Waals surface area contributed by atoms with Gasteiger partial charge in [0.2, 0.25) is 17.7 Å². The van der Waals surface area contributed by atoms with Crippen molar-refractivity contribution >= 4 is 52.6 Å². The quantitative estimate of drug-likeness (QED) is 0.570. The summed E-state index contributed by atoms with van der Waals surface area (Å²) in [5.41, 5.74) is -1.16. The molecule has 7 nitrogen and oxygen atoms in total. The number of carbonyl (C=O) groups excluding carboxylic acids is 3. The number of rotatable bonds is 4. The molecule has 2 aliphatic heterocycles. The summed E-state index contributed by atoms with van der Waals surface area (Å²) in [4.78, 5) is 52.5. The number of aliphatic carboxylic acids is 1. The second-order valence-electron chi connectivity index (χ2n) is 7.05. The number of halogens is 3. The molecule has 1 atom stereocenters. The molecule has 3 amide bonds. The fourth-order valence-electron chi connectivity index (χ4n) is 3.93. The van der Waals surface area contributed by atoms with Crippen LogP contribution in [0.2, 0.25) is 10.0 Å². The van der Waals surface area contributed by atoms with E-state index in [4.69, 9.17) is 23.2 Å². The smallest absolute Gasteiger partial charge is 0.323 e. The van der Waals surface area contributed by atoms with Crippen LogP contribution in [-0.2, 0) is 31.1 Å². The highest BCUT2D eigenvalue weighted by atomic mass is 35.5. The summed E-state index contributed by atoms with van der Waals surface area (Å²) in [6, 6.07) is 7.87. The molecule has 1 spiro atoms. The van der Waals surface area contributed by atoms with Crippen molar-refractivity contribution in [2.75, 3.05) is 11.4 Å². The lowest BCUT2D eigenvalue weighted by atomic mass is 9.80. The van der Waals surface area contributed by atoms with Crippen LogP contribution in [0.3, 0.4) is 0 Å². The van der Waals surface area contributed by atoms with Crippen LogP contribution >= 0.6 is 23.2 Å². The van der Waals surface area contributed by atoms with Crippen LogP contribution in [0.15, 0.2) is 36.4 Å². The summed E-state index contributed by atoms with van der Waals surface area (Å²) in [6.45, 7) is -0.916. The van der Waals surface area contributed by atoms with Gasteiger partial charge in [0.15, 0.2) is 5.41 Å². The highest BCUT2D eigenvalue weighted by Crippen LogP contribution is 2.49. The molecule has 1 fully saturated rings. The van der Waals surface area contributed by atoms with Crippen molar-refractivity contribution in [2.45, 2.75) is 18.4 Å². The van der Waals surface area contributed by atoms with Crippen molar-refractivity contribution in [1.82, 2.24) is 4.90 Å². The third kappa shape index (κ3) is 2.95. The van der Waals surface area contributed by atoms with Crippen molar-refractivity contribution in [3.8, 4) is 0 Å². The zero-order chi connectivity index (χ0) is 21.8. The van der Waals surface area contributed by atoms with Gasteiger partial charge in [-0.15, -0.1) is 0 Å². The van der Waals surface area contributed by atoms with Crippen LogP contribution in [0.5, 0.6) is 0 Å². The standard InChI is InChI=1S/C20H13Cl2FN2O5/c21-11-2-4-15-13(5-11)20(18(29)24(15)9-17(27)28)7-16(26)25(19(20)30)8-10-1-3-12(23)6-14(10)22/h1-6H,7-9H2,(H,27,28). The predicted octanol–water partition coefficient (Wildman–Crippen LogP) is 2.76. The monoisotopic (exact) mass is 450 g/mol. The van der Waals surface area contributed by atoms with Gasteiger partial charge >= 0.3 is 5.97 Å². The number of benzene rings is 2. The first-order chi connectivity index (χ1) is 14.1. The number of imide groups is 1. The molecule has 10 heteroatoms. The highest BCUT2D eigenvalue weighted by Gasteiger charge is 2.63. The Bertz CT molecular complexity index is 1140. The van der Waals surface area contributed by atoms with Gasteiger partial charge in [-0.05, 0) is 35.9 Å². The van der Waals surface area contributed by atoms with Gasteiger partial charge in [-0.2, -0.15) is 0 Å². The Morgan fingerprint density at radius 1 is 1.07 bits per heavy atom. The van der Waals surface area contributed by atoms with Crippen molar-refractivity contribution in [3.63, 3.8) is 0 Å². The number of carbonyl (C=O) groups is 4. The Labute approximate surface area is 179 Å². The van der Waals surface area contributed by atoms with E-state index in [1.165, 1.54) is 24.3 Å². The van der Waals surface area contributed by atoms with Gasteiger partial charge in [-0.1, -0.05) is 29.3 Å². The molecule has 0 saturated carbocycles. The van der Waals surface area contributed by atoms with E-state index in [9.17, 15) is 28.7 Å². The molecule has 2 heterocycles. The normalized spacial score (nSPS) is 20.4. The van der Waals surface area contributed by atoms with E-state index in [1.54, 1.807) is 0 Å². The van der Waals surface area contributed by atoms with Gasteiger partial charge in [-0.25, -0.2) is 4.39 Å². The van der Waals surface area contributed by atoms with E-state index >= 15 is 0 Å². The summed E-state index contributed by atoms with van der Waals surface area (Å²) in [6.07, 6.45) is -0.465. The number of hydrogen-bond acceptors (Lipinski definition) is 4. The van der Waals surface area contributed by atoms with Crippen LogP contribution in [-0.4, -0.2) is 40.2 Å². The van der Waals surface area contributed by atoms with Gasteiger partial charge in [0.25, 0.3) is 0 Å². The topological polar surface area (TPSA) is 95.0 Å². The van der Waals surface area contributed by atoms with E-state index < -0.39 is 47.9 Å². The Hall–Kier alpha value is -2.97. The second kappa shape index (κ2) is 7.07. The average molecular weight is 451 g/mol. The first-order valence-electron chi connectivity index (χ1n) is 8.77. The lowest BCUT2D eigenvalue weighted by Gasteiger charge is -2.22. The summed E-state index contributed by atoms with van der Waals surface area (Å²) in [5, 5.41) is 9.46. The molecule has 1 saturated heterocycles. The van der Waals surface area contributed by atoms with E-state index in [2.05, 4.69) is 0 Å². The Balaban J connectivity index is 1.78. The van der Waals surface area contributed by atoms with Crippen molar-refractivity contribution in [1.29, 1.82) is 0 Å². The van der Waals surface area contributed by atoms with Crippen LogP contribution in [0.1, 0.15) is 17.5 Å². The SMILES string of the molecule is O=C(O)CN1C(=O)C2(CC(=O)N(Cc3ccc(F)cc3Cl)C2=O)c2cc(Cl)ccc21. The number of hydrogen-bond donors (Lipinski definition) is 1. The van der Waals surface area contributed by atoms with E-state index in [0.29, 0.717) is 5.56 Å². The summed E-state index contributed by atoms with van der Waals surface area (Å²) >= 11 is 12.1. The number of likely N-dealkylation sites (tertiary alicyclic amines) is 1. The maximum atomic E-state index is 13.4. The van der Waals surface area contributed by atoms with E-state index in [1.807, 2.05) is 0 Å². The largest absolute Gasteiger partial charge is 0.480 e. The minimum atomic E-state index is -1.89. The number of nitrogens with zero attached hydrogens (tertiary/aromatic N) is 2. The molecule has 2 aromatic rings. The number of carboxylic acid groups (broad SMARTS) is 1. The molecule has 0 aromatic heterocycles. The third-order valence-corrected chi connectivity index (χ3v) is 5.87. The maximum absolute atomic E-state index is 13.4. The minimum Gasteiger partial charge on any atom is -0.480 e. The zero-order valence-electron chi connectivity index (χ0n) is 15.2. The molecule has 30 heavy (non-hydrogen) atoms. The van der Waals surface area contributed by atoms with Gasteiger partial charge < -0.3 is 5.11 Å². The molecular formula is C20H13Cl2FN2O5. The van der Waals surface area contributed by atoms with Gasteiger partial charge in [-0.3, -0.25) is 29.0 Å². The molecule has 4 rings (SSSR count). The Kier molecular flexibility index (Phi) is 4.79.